The molecular weight excluding hydrogens is 370 g/mol. The van der Waals surface area contributed by atoms with Crippen LogP contribution in [0.15, 0.2) is 48.5 Å². The van der Waals surface area contributed by atoms with Gasteiger partial charge in [0.2, 0.25) is 5.91 Å². The first-order valence-electron chi connectivity index (χ1n) is 9.76. The molecule has 2 aromatic carbocycles. The molecule has 6 heteroatoms. The van der Waals surface area contributed by atoms with Gasteiger partial charge in [-0.25, -0.2) is 0 Å². The first-order valence-corrected chi connectivity index (χ1v) is 9.76. The van der Waals surface area contributed by atoms with E-state index in [0.29, 0.717) is 30.7 Å². The van der Waals surface area contributed by atoms with Gasteiger partial charge in [-0.05, 0) is 56.2 Å². The van der Waals surface area contributed by atoms with E-state index in [1.807, 2.05) is 38.1 Å². The summed E-state index contributed by atoms with van der Waals surface area (Å²) in [5.41, 5.74) is 2.21. The standard InChI is InChI=1S/C23H27NO5/c1-3-5-22(26)24-19-11-9-18(10-12-19)21(25)16-29-23(27)6-4-15-28-20-13-7-17(2)8-14-20/h7-14H,3-6,15-16H2,1-2H3,(H,24,26). The highest BCUT2D eigenvalue weighted by molar-refractivity contribution is 5.98. The number of esters is 1. The lowest BCUT2D eigenvalue weighted by Gasteiger charge is -2.08. The van der Waals surface area contributed by atoms with Gasteiger partial charge in [-0.2, -0.15) is 0 Å². The van der Waals surface area contributed by atoms with Gasteiger partial charge in [0, 0.05) is 24.1 Å². The van der Waals surface area contributed by atoms with E-state index < -0.39 is 5.97 Å². The Balaban J connectivity index is 1.66. The van der Waals surface area contributed by atoms with Crippen LogP contribution in [0, 0.1) is 6.92 Å². The zero-order valence-corrected chi connectivity index (χ0v) is 16.9. The molecule has 0 atom stereocenters. The molecule has 0 aliphatic rings. The first-order chi connectivity index (χ1) is 14.0. The second kappa shape index (κ2) is 11.6. The molecule has 0 aromatic heterocycles. The van der Waals surface area contributed by atoms with Crippen molar-refractivity contribution in [1.29, 1.82) is 0 Å². The van der Waals surface area contributed by atoms with Crippen molar-refractivity contribution in [2.24, 2.45) is 0 Å². The van der Waals surface area contributed by atoms with Gasteiger partial charge in [0.15, 0.2) is 12.4 Å². The average molecular weight is 397 g/mol. The second-order valence-electron chi connectivity index (χ2n) is 6.72. The topological polar surface area (TPSA) is 81.7 Å². The Bertz CT molecular complexity index is 812. The lowest BCUT2D eigenvalue weighted by Crippen LogP contribution is -2.15. The highest BCUT2D eigenvalue weighted by atomic mass is 16.5. The number of aryl methyl sites for hydroxylation is 1. The van der Waals surface area contributed by atoms with E-state index in [-0.39, 0.29) is 24.7 Å². The summed E-state index contributed by atoms with van der Waals surface area (Å²) in [5, 5.41) is 2.75. The highest BCUT2D eigenvalue weighted by Crippen LogP contribution is 2.13. The Kier molecular flexibility index (Phi) is 8.89. The second-order valence-corrected chi connectivity index (χ2v) is 6.72. The van der Waals surface area contributed by atoms with Gasteiger partial charge >= 0.3 is 5.97 Å². The predicted octanol–water partition coefficient (Wildman–Crippen LogP) is 4.32. The molecule has 0 spiro atoms. The summed E-state index contributed by atoms with van der Waals surface area (Å²) in [6.07, 6.45) is 1.91. The number of nitrogens with one attached hydrogen (secondary N) is 1. The van der Waals surface area contributed by atoms with Crippen LogP contribution in [0.1, 0.15) is 48.5 Å². The van der Waals surface area contributed by atoms with Gasteiger partial charge < -0.3 is 14.8 Å². The largest absolute Gasteiger partial charge is 0.494 e. The minimum absolute atomic E-state index is 0.0631. The Morgan fingerprint density at radius 2 is 1.62 bits per heavy atom. The van der Waals surface area contributed by atoms with Crippen LogP contribution in [0.4, 0.5) is 5.69 Å². The Morgan fingerprint density at radius 3 is 2.28 bits per heavy atom. The van der Waals surface area contributed by atoms with E-state index in [1.54, 1.807) is 24.3 Å². The van der Waals surface area contributed by atoms with Crippen molar-refractivity contribution in [2.75, 3.05) is 18.5 Å². The molecule has 0 fully saturated rings. The normalized spacial score (nSPS) is 10.3. The van der Waals surface area contributed by atoms with Gasteiger partial charge in [-0.3, -0.25) is 14.4 Å². The Morgan fingerprint density at radius 1 is 0.931 bits per heavy atom. The molecule has 154 valence electrons. The molecule has 0 aliphatic heterocycles. The number of benzene rings is 2. The van der Waals surface area contributed by atoms with Crippen LogP contribution < -0.4 is 10.1 Å². The number of hydrogen-bond donors (Lipinski definition) is 1. The number of rotatable bonds is 11. The van der Waals surface area contributed by atoms with Crippen molar-refractivity contribution in [3.8, 4) is 5.75 Å². The fraction of sp³-hybridized carbons (Fsp3) is 0.348. The minimum Gasteiger partial charge on any atom is -0.494 e. The zero-order chi connectivity index (χ0) is 21.1. The fourth-order valence-electron chi connectivity index (χ4n) is 2.53. The van der Waals surface area contributed by atoms with E-state index in [9.17, 15) is 14.4 Å². The lowest BCUT2D eigenvalue weighted by atomic mass is 10.1. The van der Waals surface area contributed by atoms with E-state index in [4.69, 9.17) is 9.47 Å². The first kappa shape index (κ1) is 22.1. The third-order valence-corrected chi connectivity index (χ3v) is 4.15. The third-order valence-electron chi connectivity index (χ3n) is 4.15. The maximum Gasteiger partial charge on any atom is 0.306 e. The number of Topliss-reactive ketones (excluding diaryl/α,β-unsaturated/α-hetero) is 1. The molecule has 29 heavy (non-hydrogen) atoms. The number of ether oxygens (including phenoxy) is 2. The monoisotopic (exact) mass is 397 g/mol. The van der Waals surface area contributed by atoms with Crippen molar-refractivity contribution in [2.45, 2.75) is 39.5 Å². The predicted molar refractivity (Wildman–Crippen MR) is 111 cm³/mol. The SMILES string of the molecule is CCCC(=O)Nc1ccc(C(=O)COC(=O)CCCOc2ccc(C)cc2)cc1. The number of carbonyl (C=O) groups is 3. The van der Waals surface area contributed by atoms with Crippen LogP contribution >= 0.6 is 0 Å². The molecule has 0 aliphatic carbocycles. The van der Waals surface area contributed by atoms with Crippen molar-refractivity contribution >= 4 is 23.3 Å². The maximum atomic E-state index is 12.1. The van der Waals surface area contributed by atoms with E-state index in [0.717, 1.165) is 17.7 Å². The molecule has 0 bridgehead atoms. The summed E-state index contributed by atoms with van der Waals surface area (Å²) in [6.45, 7) is 4.02. The van der Waals surface area contributed by atoms with Crippen molar-refractivity contribution in [3.05, 3.63) is 59.7 Å². The average Bonchev–Trinajstić information content (AvgIpc) is 2.71. The van der Waals surface area contributed by atoms with E-state index in [1.165, 1.54) is 0 Å². The van der Waals surface area contributed by atoms with Crippen molar-refractivity contribution in [3.63, 3.8) is 0 Å². The van der Waals surface area contributed by atoms with E-state index in [2.05, 4.69) is 5.32 Å². The highest BCUT2D eigenvalue weighted by Gasteiger charge is 2.10. The molecule has 0 radical (unpaired) electrons. The Hall–Kier alpha value is -3.15. The molecule has 6 nitrogen and oxygen atoms in total. The van der Waals surface area contributed by atoms with Gasteiger partial charge in [0.1, 0.15) is 5.75 Å². The van der Waals surface area contributed by atoms with Crippen molar-refractivity contribution < 1.29 is 23.9 Å². The van der Waals surface area contributed by atoms with Crippen molar-refractivity contribution in [1.82, 2.24) is 0 Å². The quantitative estimate of drug-likeness (QED) is 0.347. The van der Waals surface area contributed by atoms with Crippen LogP contribution in [0.5, 0.6) is 5.75 Å². The molecule has 1 amide bonds. The summed E-state index contributed by atoms with van der Waals surface area (Å²) in [7, 11) is 0. The molecule has 0 unspecified atom stereocenters. The van der Waals surface area contributed by atoms with E-state index >= 15 is 0 Å². The summed E-state index contributed by atoms with van der Waals surface area (Å²) in [5.74, 6) is -0.0321. The molecule has 0 saturated carbocycles. The van der Waals surface area contributed by atoms with Gasteiger partial charge in [-0.1, -0.05) is 24.6 Å². The summed E-state index contributed by atoms with van der Waals surface area (Å²) in [4.78, 5) is 35.5. The van der Waals surface area contributed by atoms with Crippen LogP contribution in [-0.4, -0.2) is 30.9 Å². The summed E-state index contributed by atoms with van der Waals surface area (Å²) in [6, 6.07) is 14.2. The molecular formula is C23H27NO5. The lowest BCUT2D eigenvalue weighted by molar-refractivity contribution is -0.142. The molecule has 0 heterocycles. The molecule has 1 N–H and O–H groups in total. The zero-order valence-electron chi connectivity index (χ0n) is 16.9. The van der Waals surface area contributed by atoms with Crippen LogP contribution in [0.2, 0.25) is 0 Å². The van der Waals surface area contributed by atoms with Gasteiger partial charge in [0.25, 0.3) is 0 Å². The maximum absolute atomic E-state index is 12.1. The minimum atomic E-state index is -0.436. The van der Waals surface area contributed by atoms with Crippen LogP contribution in [0.3, 0.4) is 0 Å². The fourth-order valence-corrected chi connectivity index (χ4v) is 2.53. The van der Waals surface area contributed by atoms with Gasteiger partial charge in [0.05, 0.1) is 6.61 Å². The number of carbonyl (C=O) groups excluding carboxylic acids is 3. The number of amides is 1. The van der Waals surface area contributed by atoms with Crippen LogP contribution in [-0.2, 0) is 14.3 Å². The smallest absolute Gasteiger partial charge is 0.306 e. The molecule has 0 saturated heterocycles. The third kappa shape index (κ3) is 8.17. The number of anilines is 1. The number of ketones is 1. The Labute approximate surface area is 171 Å². The van der Waals surface area contributed by atoms with Gasteiger partial charge in [-0.15, -0.1) is 0 Å². The number of hydrogen-bond acceptors (Lipinski definition) is 5. The summed E-state index contributed by atoms with van der Waals surface area (Å²) >= 11 is 0. The summed E-state index contributed by atoms with van der Waals surface area (Å²) < 4.78 is 10.6. The molecule has 2 aromatic rings. The molecule has 2 rings (SSSR count). The van der Waals surface area contributed by atoms with Crippen LogP contribution in [0.25, 0.3) is 0 Å².